The van der Waals surface area contributed by atoms with Crippen LogP contribution in [0.2, 0.25) is 0 Å². The molecule has 0 saturated heterocycles. The second-order valence-electron chi connectivity index (χ2n) is 2.68. The molecule has 1 heterocycles. The summed E-state index contributed by atoms with van der Waals surface area (Å²) in [6.45, 7) is 0. The SMILES string of the molecule is O=c1ccc2c(o1)\C=C/C=C\C=C/2. The van der Waals surface area contributed by atoms with Crippen LogP contribution in [0.25, 0.3) is 12.2 Å². The Balaban J connectivity index is 2.62. The maximum absolute atomic E-state index is 10.9. The number of hydrogen-bond acceptors (Lipinski definition) is 2. The van der Waals surface area contributed by atoms with Crippen molar-refractivity contribution in [1.29, 1.82) is 0 Å². The molecule has 0 radical (unpaired) electrons. The Morgan fingerprint density at radius 2 is 1.69 bits per heavy atom. The largest absolute Gasteiger partial charge is 0.423 e. The predicted molar refractivity (Wildman–Crippen MR) is 52.2 cm³/mol. The molecule has 1 aromatic rings. The fourth-order valence-corrected chi connectivity index (χ4v) is 1.14. The summed E-state index contributed by atoms with van der Waals surface area (Å²) in [7, 11) is 0. The van der Waals surface area contributed by atoms with Crippen molar-refractivity contribution in [2.75, 3.05) is 0 Å². The minimum Gasteiger partial charge on any atom is -0.423 e. The van der Waals surface area contributed by atoms with Gasteiger partial charge < -0.3 is 4.42 Å². The molecule has 0 aliphatic heterocycles. The minimum atomic E-state index is -0.318. The van der Waals surface area contributed by atoms with Crippen LogP contribution in [-0.4, -0.2) is 0 Å². The summed E-state index contributed by atoms with van der Waals surface area (Å²) in [5, 5.41) is 0. The van der Waals surface area contributed by atoms with E-state index in [1.807, 2.05) is 30.4 Å². The van der Waals surface area contributed by atoms with E-state index in [-0.39, 0.29) is 5.63 Å². The van der Waals surface area contributed by atoms with E-state index in [4.69, 9.17) is 4.42 Å². The maximum Gasteiger partial charge on any atom is 0.336 e. The maximum atomic E-state index is 10.9. The van der Waals surface area contributed by atoms with Crippen molar-refractivity contribution in [3.8, 4) is 0 Å². The molecule has 64 valence electrons. The fourth-order valence-electron chi connectivity index (χ4n) is 1.14. The zero-order valence-electron chi connectivity index (χ0n) is 6.94. The van der Waals surface area contributed by atoms with E-state index in [1.165, 1.54) is 6.07 Å². The molecule has 0 bridgehead atoms. The molecule has 0 spiro atoms. The highest BCUT2D eigenvalue weighted by Crippen LogP contribution is 2.12. The van der Waals surface area contributed by atoms with Crippen LogP contribution in [-0.2, 0) is 0 Å². The van der Waals surface area contributed by atoms with E-state index < -0.39 is 0 Å². The third-order valence-electron chi connectivity index (χ3n) is 1.75. The van der Waals surface area contributed by atoms with E-state index in [0.29, 0.717) is 5.76 Å². The summed E-state index contributed by atoms with van der Waals surface area (Å²) < 4.78 is 5.01. The average Bonchev–Trinajstić information content (AvgIpc) is 2.08. The monoisotopic (exact) mass is 172 g/mol. The standard InChI is InChI=1S/C11H8O2/c12-11-8-7-9-5-3-1-2-4-6-10(9)13-11/h1-8H/b2-1-,3-1?,4-2?,5-3-,6-4-,9-5?,10-6?. The van der Waals surface area contributed by atoms with Crippen molar-refractivity contribution in [3.05, 3.63) is 58.2 Å². The molecule has 1 aliphatic carbocycles. The van der Waals surface area contributed by atoms with Gasteiger partial charge in [0.15, 0.2) is 0 Å². The molecule has 1 aromatic heterocycles. The summed E-state index contributed by atoms with van der Waals surface area (Å²) in [5.41, 5.74) is 0.599. The third-order valence-corrected chi connectivity index (χ3v) is 1.75. The van der Waals surface area contributed by atoms with Gasteiger partial charge in [-0.3, -0.25) is 0 Å². The highest BCUT2D eigenvalue weighted by Gasteiger charge is 1.99. The fraction of sp³-hybridized carbons (Fsp3) is 0. The third kappa shape index (κ3) is 1.67. The molecule has 2 heteroatoms. The first kappa shape index (κ1) is 7.80. The number of allylic oxidation sites excluding steroid dienone is 4. The molecule has 2 rings (SSSR count). The first-order valence-corrected chi connectivity index (χ1v) is 4.02. The van der Waals surface area contributed by atoms with Gasteiger partial charge in [0.25, 0.3) is 0 Å². The molecular formula is C11H8O2. The van der Waals surface area contributed by atoms with Crippen LogP contribution in [0.5, 0.6) is 0 Å². The second kappa shape index (κ2) is 3.27. The summed E-state index contributed by atoms with van der Waals surface area (Å²) >= 11 is 0. The average molecular weight is 172 g/mol. The normalized spacial score (nSPS) is 20.9. The quantitative estimate of drug-likeness (QED) is 0.600. The molecule has 0 atom stereocenters. The Morgan fingerprint density at radius 1 is 0.923 bits per heavy atom. The lowest BCUT2D eigenvalue weighted by molar-refractivity contribution is 0.500. The van der Waals surface area contributed by atoms with E-state index in [1.54, 1.807) is 12.1 Å². The van der Waals surface area contributed by atoms with Crippen LogP contribution in [0.4, 0.5) is 0 Å². The Hall–Kier alpha value is -1.83. The Bertz CT molecular complexity index is 447. The first-order valence-electron chi connectivity index (χ1n) is 4.02. The molecule has 0 saturated carbocycles. The van der Waals surface area contributed by atoms with Crippen LogP contribution < -0.4 is 5.63 Å². The van der Waals surface area contributed by atoms with Crippen molar-refractivity contribution >= 4 is 12.2 Å². The van der Waals surface area contributed by atoms with Crippen molar-refractivity contribution in [2.24, 2.45) is 0 Å². The van der Waals surface area contributed by atoms with Crippen molar-refractivity contribution in [1.82, 2.24) is 0 Å². The summed E-state index contributed by atoms with van der Waals surface area (Å²) in [6.07, 6.45) is 11.2. The smallest absolute Gasteiger partial charge is 0.336 e. The molecule has 0 amide bonds. The van der Waals surface area contributed by atoms with Crippen molar-refractivity contribution in [3.63, 3.8) is 0 Å². The minimum absolute atomic E-state index is 0.318. The molecule has 2 nitrogen and oxygen atoms in total. The Morgan fingerprint density at radius 3 is 2.54 bits per heavy atom. The topological polar surface area (TPSA) is 30.2 Å². The molecule has 0 fully saturated rings. The van der Waals surface area contributed by atoms with Crippen LogP contribution in [0.3, 0.4) is 0 Å². The summed E-state index contributed by atoms with van der Waals surface area (Å²) in [6, 6.07) is 3.17. The molecule has 13 heavy (non-hydrogen) atoms. The van der Waals surface area contributed by atoms with E-state index in [2.05, 4.69) is 0 Å². The number of hydrogen-bond donors (Lipinski definition) is 0. The van der Waals surface area contributed by atoms with Gasteiger partial charge in [0.05, 0.1) is 0 Å². The highest BCUT2D eigenvalue weighted by molar-refractivity contribution is 5.63. The zero-order valence-corrected chi connectivity index (χ0v) is 6.94. The lowest BCUT2D eigenvalue weighted by Crippen LogP contribution is -1.97. The van der Waals surface area contributed by atoms with E-state index >= 15 is 0 Å². The molecule has 0 aromatic carbocycles. The highest BCUT2D eigenvalue weighted by atomic mass is 16.4. The number of fused-ring (bicyclic) bond motifs is 1. The number of rotatable bonds is 0. The van der Waals surface area contributed by atoms with Crippen molar-refractivity contribution < 1.29 is 4.42 Å². The first-order chi connectivity index (χ1) is 6.36. The summed E-state index contributed by atoms with van der Waals surface area (Å²) in [5.74, 6) is 0.605. The Kier molecular flexibility index (Phi) is 1.96. The molecule has 0 N–H and O–H groups in total. The van der Waals surface area contributed by atoms with Gasteiger partial charge in [-0.05, 0) is 12.1 Å². The van der Waals surface area contributed by atoms with Gasteiger partial charge in [0, 0.05) is 11.6 Å². The second-order valence-corrected chi connectivity index (χ2v) is 2.68. The van der Waals surface area contributed by atoms with Gasteiger partial charge in [-0.15, -0.1) is 0 Å². The van der Waals surface area contributed by atoms with E-state index in [9.17, 15) is 4.79 Å². The summed E-state index contributed by atoms with van der Waals surface area (Å²) in [4.78, 5) is 10.9. The predicted octanol–water partition coefficient (Wildman–Crippen LogP) is 2.24. The van der Waals surface area contributed by atoms with Gasteiger partial charge in [-0.1, -0.05) is 30.4 Å². The van der Waals surface area contributed by atoms with Crippen LogP contribution in [0, 0.1) is 0 Å². The lowest BCUT2D eigenvalue weighted by Gasteiger charge is -1.98. The molecular weight excluding hydrogens is 164 g/mol. The lowest BCUT2D eigenvalue weighted by atomic mass is 10.1. The van der Waals surface area contributed by atoms with Gasteiger partial charge in [-0.25, -0.2) is 4.79 Å². The Labute approximate surface area is 75.5 Å². The zero-order chi connectivity index (χ0) is 9.10. The van der Waals surface area contributed by atoms with Gasteiger partial charge >= 0.3 is 5.63 Å². The van der Waals surface area contributed by atoms with Gasteiger partial charge in [-0.2, -0.15) is 0 Å². The van der Waals surface area contributed by atoms with Crippen LogP contribution in [0.15, 0.2) is 45.6 Å². The molecule has 0 unspecified atom stereocenters. The van der Waals surface area contributed by atoms with Crippen molar-refractivity contribution in [2.45, 2.75) is 0 Å². The van der Waals surface area contributed by atoms with Crippen LogP contribution in [0.1, 0.15) is 11.3 Å². The van der Waals surface area contributed by atoms with Crippen LogP contribution >= 0.6 is 0 Å². The van der Waals surface area contributed by atoms with Gasteiger partial charge in [0.2, 0.25) is 0 Å². The van der Waals surface area contributed by atoms with E-state index in [0.717, 1.165) is 5.56 Å². The van der Waals surface area contributed by atoms with Gasteiger partial charge in [0.1, 0.15) is 5.76 Å². The molecule has 1 aliphatic rings.